The van der Waals surface area contributed by atoms with Crippen LogP contribution in [0.4, 0.5) is 8.78 Å². The number of hydrogen-bond acceptors (Lipinski definition) is 3. The first-order valence-corrected chi connectivity index (χ1v) is 10.3. The second-order valence-corrected chi connectivity index (χ2v) is 7.89. The predicted molar refractivity (Wildman–Crippen MR) is 101 cm³/mol. The highest BCUT2D eigenvalue weighted by Gasteiger charge is 2.49. The summed E-state index contributed by atoms with van der Waals surface area (Å²) in [6.07, 6.45) is 11.5. The van der Waals surface area contributed by atoms with Crippen LogP contribution in [-0.2, 0) is 4.79 Å². The number of unbranched alkanes of at least 4 members (excludes halogenated alkanes) is 5. The van der Waals surface area contributed by atoms with E-state index < -0.39 is 23.6 Å². The Labute approximate surface area is 161 Å². The van der Waals surface area contributed by atoms with Crippen LogP contribution in [-0.4, -0.2) is 27.1 Å². The summed E-state index contributed by atoms with van der Waals surface area (Å²) >= 11 is 0. The number of hydrogen-bond donors (Lipinski definition) is 3. The van der Waals surface area contributed by atoms with E-state index in [1.807, 2.05) is 0 Å². The molecule has 4 nitrogen and oxygen atoms in total. The van der Waals surface area contributed by atoms with Gasteiger partial charge in [-0.15, -0.1) is 0 Å². The Morgan fingerprint density at radius 2 is 1.81 bits per heavy atom. The van der Waals surface area contributed by atoms with Gasteiger partial charge in [0.25, 0.3) is 5.79 Å². The average Bonchev–Trinajstić information content (AvgIpc) is 3.01. The van der Waals surface area contributed by atoms with Crippen molar-refractivity contribution in [2.75, 3.05) is 0 Å². The molecule has 157 valence electrons. The van der Waals surface area contributed by atoms with Gasteiger partial charge in [-0.25, -0.2) is 4.79 Å². The molecule has 1 saturated carbocycles. The van der Waals surface area contributed by atoms with Gasteiger partial charge < -0.3 is 15.3 Å². The van der Waals surface area contributed by atoms with E-state index in [1.165, 1.54) is 19.3 Å². The minimum atomic E-state index is -2.74. The number of carbonyl (C=O) groups is 1. The van der Waals surface area contributed by atoms with E-state index in [2.05, 4.69) is 6.92 Å². The Hall–Kier alpha value is -1.01. The molecule has 27 heavy (non-hydrogen) atoms. The van der Waals surface area contributed by atoms with Gasteiger partial charge in [-0.3, -0.25) is 0 Å². The Balaban J connectivity index is 2.49. The monoisotopic (exact) mass is 389 g/mol. The topological polar surface area (TPSA) is 77.8 Å². The van der Waals surface area contributed by atoms with Crippen LogP contribution >= 0.6 is 0 Å². The lowest BCUT2D eigenvalue weighted by atomic mass is 9.72. The lowest BCUT2D eigenvalue weighted by Gasteiger charge is -2.33. The molecule has 0 amide bonds. The summed E-state index contributed by atoms with van der Waals surface area (Å²) in [7, 11) is 0. The molecule has 0 spiro atoms. The second-order valence-electron chi connectivity index (χ2n) is 7.89. The lowest BCUT2D eigenvalue weighted by Crippen LogP contribution is -2.37. The van der Waals surface area contributed by atoms with Crippen LogP contribution in [0.3, 0.4) is 0 Å². The molecule has 0 heterocycles. The summed E-state index contributed by atoms with van der Waals surface area (Å²) in [4.78, 5) is 10.6. The minimum Gasteiger partial charge on any atom is -0.477 e. The molecule has 0 aliphatic heterocycles. The summed E-state index contributed by atoms with van der Waals surface area (Å²) in [5, 5.41) is 27.1. The number of allylic oxidation sites excluding steroid dienone is 2. The SMILES string of the molecule is CCCCCCCC[C@]1([C](F)F)CCC[C@H]1CC=CCCC(O)(O)C(=O)O. The van der Waals surface area contributed by atoms with Crippen LogP contribution in [0, 0.1) is 17.8 Å². The smallest absolute Gasteiger partial charge is 0.364 e. The number of carboxylic acids is 1. The molecule has 1 rings (SSSR count). The van der Waals surface area contributed by atoms with E-state index in [-0.39, 0.29) is 18.8 Å². The highest BCUT2D eigenvalue weighted by molar-refractivity contribution is 5.74. The molecule has 0 unspecified atom stereocenters. The van der Waals surface area contributed by atoms with Gasteiger partial charge in [0.15, 0.2) is 0 Å². The summed E-state index contributed by atoms with van der Waals surface area (Å²) in [5.41, 5.74) is -0.978. The second kappa shape index (κ2) is 11.7. The van der Waals surface area contributed by atoms with Crippen LogP contribution in [0.5, 0.6) is 0 Å². The number of halogens is 2. The average molecular weight is 390 g/mol. The first-order valence-electron chi connectivity index (χ1n) is 10.3. The summed E-state index contributed by atoms with van der Waals surface area (Å²) in [6, 6.07) is 0. The maximum absolute atomic E-state index is 13.9. The highest BCUT2D eigenvalue weighted by Crippen LogP contribution is 2.55. The largest absolute Gasteiger partial charge is 0.477 e. The van der Waals surface area contributed by atoms with E-state index in [0.29, 0.717) is 19.3 Å². The third-order valence-electron chi connectivity index (χ3n) is 5.90. The van der Waals surface area contributed by atoms with Crippen molar-refractivity contribution in [1.82, 2.24) is 0 Å². The maximum atomic E-state index is 13.9. The van der Waals surface area contributed by atoms with E-state index in [0.717, 1.165) is 32.1 Å². The van der Waals surface area contributed by atoms with Crippen molar-refractivity contribution in [3.05, 3.63) is 18.6 Å². The van der Waals surface area contributed by atoms with E-state index >= 15 is 0 Å². The molecule has 0 saturated heterocycles. The summed E-state index contributed by atoms with van der Waals surface area (Å²) < 4.78 is 27.7. The van der Waals surface area contributed by atoms with Crippen molar-refractivity contribution < 1.29 is 28.9 Å². The van der Waals surface area contributed by atoms with Gasteiger partial charge >= 0.3 is 12.4 Å². The zero-order valence-corrected chi connectivity index (χ0v) is 16.4. The lowest BCUT2D eigenvalue weighted by molar-refractivity contribution is -0.205. The van der Waals surface area contributed by atoms with Crippen molar-refractivity contribution in [2.45, 2.75) is 96.2 Å². The van der Waals surface area contributed by atoms with Crippen LogP contribution in [0.15, 0.2) is 12.2 Å². The van der Waals surface area contributed by atoms with Crippen molar-refractivity contribution in [3.8, 4) is 0 Å². The fraction of sp³-hybridized carbons (Fsp3) is 0.810. The van der Waals surface area contributed by atoms with E-state index in [4.69, 9.17) is 5.11 Å². The van der Waals surface area contributed by atoms with Gasteiger partial charge in [-0.1, -0.05) is 64.0 Å². The summed E-state index contributed by atoms with van der Waals surface area (Å²) in [6.45, 7) is 2.15. The first-order chi connectivity index (χ1) is 12.8. The standard InChI is InChI=1S/C21H35F2O4/c1-2-3-4-5-6-9-14-20(18(22)23)15-11-13-17(20)12-8-7-10-16-21(26,27)19(24)25/h7-8,17,26-27H,2-6,9-16H2,1H3,(H,24,25)/t17-,20+/m1/s1. The molecule has 2 atom stereocenters. The predicted octanol–water partition coefficient (Wildman–Crippen LogP) is 5.44. The summed E-state index contributed by atoms with van der Waals surface area (Å²) in [5.74, 6) is -4.52. The molecule has 0 aromatic rings. The Morgan fingerprint density at radius 1 is 1.15 bits per heavy atom. The van der Waals surface area contributed by atoms with Crippen molar-refractivity contribution in [1.29, 1.82) is 0 Å². The highest BCUT2D eigenvalue weighted by atomic mass is 19.3. The van der Waals surface area contributed by atoms with Crippen LogP contribution in [0.25, 0.3) is 0 Å². The molecule has 0 aromatic heterocycles. The maximum Gasteiger partial charge on any atom is 0.364 e. The van der Waals surface area contributed by atoms with Gasteiger partial charge in [0.05, 0.1) is 0 Å². The number of aliphatic carboxylic acids is 1. The molecule has 0 aromatic carbocycles. The zero-order valence-electron chi connectivity index (χ0n) is 16.4. The zero-order chi connectivity index (χ0) is 20.3. The number of rotatable bonds is 14. The van der Waals surface area contributed by atoms with Crippen LogP contribution in [0.2, 0.25) is 0 Å². The molecule has 1 fully saturated rings. The van der Waals surface area contributed by atoms with Gasteiger partial charge in [0.1, 0.15) is 0 Å². The third kappa shape index (κ3) is 7.49. The molecule has 1 radical (unpaired) electrons. The molecule has 3 N–H and O–H groups in total. The van der Waals surface area contributed by atoms with Crippen molar-refractivity contribution in [3.63, 3.8) is 0 Å². The van der Waals surface area contributed by atoms with Gasteiger partial charge in [-0.2, -0.15) is 8.78 Å². The fourth-order valence-electron chi connectivity index (χ4n) is 4.15. The third-order valence-corrected chi connectivity index (χ3v) is 5.90. The quantitative estimate of drug-likeness (QED) is 0.210. The fourth-order valence-corrected chi connectivity index (χ4v) is 4.15. The van der Waals surface area contributed by atoms with Gasteiger partial charge in [0.2, 0.25) is 0 Å². The molecular formula is C21H35F2O4. The van der Waals surface area contributed by atoms with E-state index in [1.54, 1.807) is 12.2 Å². The Morgan fingerprint density at radius 3 is 2.44 bits per heavy atom. The normalized spacial score (nSPS) is 23.6. The molecule has 0 bridgehead atoms. The van der Waals surface area contributed by atoms with Gasteiger partial charge in [-0.05, 0) is 38.0 Å². The van der Waals surface area contributed by atoms with Crippen molar-refractivity contribution in [2.24, 2.45) is 11.3 Å². The first kappa shape index (κ1) is 24.0. The Bertz CT molecular complexity index is 465. The van der Waals surface area contributed by atoms with Crippen molar-refractivity contribution >= 4 is 5.97 Å². The van der Waals surface area contributed by atoms with E-state index in [9.17, 15) is 23.8 Å². The molecule has 1 aliphatic carbocycles. The molecule has 1 aliphatic rings. The Kier molecular flexibility index (Phi) is 10.5. The molecule has 6 heteroatoms. The number of carboxylic acid groups (broad SMARTS) is 1. The van der Waals surface area contributed by atoms with Crippen LogP contribution in [0.1, 0.15) is 90.4 Å². The van der Waals surface area contributed by atoms with Gasteiger partial charge in [0, 0.05) is 11.8 Å². The van der Waals surface area contributed by atoms with Crippen LogP contribution < -0.4 is 0 Å². The number of aliphatic hydroxyl groups is 2. The molecular weight excluding hydrogens is 354 g/mol. The minimum absolute atomic E-state index is 0.0955.